The van der Waals surface area contributed by atoms with E-state index in [9.17, 15) is 19.5 Å². The van der Waals surface area contributed by atoms with Gasteiger partial charge in [0.05, 0.1) is 26.1 Å². The molecule has 2 heterocycles. The maximum atomic E-state index is 14.2. The zero-order valence-electron chi connectivity index (χ0n) is 26.7. The number of hydrogen-bond donors (Lipinski definition) is 2. The molecular weight excluding hydrogens is 695 g/mol. The number of methoxy groups -OCH3 is 2. The minimum atomic E-state index is -1.48. The number of hydrogen-bond acceptors (Lipinski definition) is 9. The SMILES string of the molecule is COc1cc(OC)c(Cl)c(N(COCC[Si](C)(C)C)C(=O)N(C)c2cc(N(C(=O)O)c3nn(C)cc3NC(=O)/C=C\Cl)ncn2)c1Cl. The lowest BCUT2D eigenvalue weighted by Gasteiger charge is -2.30. The van der Waals surface area contributed by atoms with Crippen molar-refractivity contribution in [2.24, 2.45) is 7.05 Å². The highest BCUT2D eigenvalue weighted by molar-refractivity contribution is 6.76. The van der Waals surface area contributed by atoms with Gasteiger partial charge in [-0.05, 0) is 6.04 Å². The average molecular weight is 730 g/mol. The first kappa shape index (κ1) is 37.4. The Morgan fingerprint density at radius 2 is 1.68 bits per heavy atom. The predicted molar refractivity (Wildman–Crippen MR) is 184 cm³/mol. The van der Waals surface area contributed by atoms with Crippen molar-refractivity contribution in [1.82, 2.24) is 19.7 Å². The maximum Gasteiger partial charge on any atom is 0.419 e. The van der Waals surface area contributed by atoms with E-state index in [-0.39, 0.29) is 57.1 Å². The number of nitrogens with one attached hydrogen (secondary N) is 1. The van der Waals surface area contributed by atoms with Crippen LogP contribution < -0.4 is 29.5 Å². The summed E-state index contributed by atoms with van der Waals surface area (Å²) < 4.78 is 18.0. The number of carbonyl (C=O) groups is 3. The molecule has 0 bridgehead atoms. The van der Waals surface area contributed by atoms with Crippen LogP contribution in [0.3, 0.4) is 0 Å². The lowest BCUT2D eigenvalue weighted by molar-refractivity contribution is -0.111. The molecule has 15 nitrogen and oxygen atoms in total. The van der Waals surface area contributed by atoms with Crippen LogP contribution in [0.2, 0.25) is 35.7 Å². The molecule has 1 aromatic carbocycles. The third-order valence-corrected chi connectivity index (χ3v) is 9.01. The van der Waals surface area contributed by atoms with Crippen LogP contribution in [0.4, 0.5) is 38.4 Å². The Labute approximate surface area is 287 Å². The van der Waals surface area contributed by atoms with Crippen molar-refractivity contribution in [3.63, 3.8) is 0 Å². The molecule has 3 aromatic rings. The number of aromatic nitrogens is 4. The smallest absolute Gasteiger partial charge is 0.419 e. The molecule has 3 rings (SSSR count). The van der Waals surface area contributed by atoms with Crippen molar-refractivity contribution in [3.05, 3.63) is 46.3 Å². The minimum absolute atomic E-state index is 0.00737. The lowest BCUT2D eigenvalue weighted by atomic mass is 10.2. The second kappa shape index (κ2) is 16.1. The molecule has 2 aromatic heterocycles. The van der Waals surface area contributed by atoms with Gasteiger partial charge in [0, 0.05) is 52.5 Å². The Bertz CT molecular complexity index is 1620. The van der Waals surface area contributed by atoms with Crippen molar-refractivity contribution < 1.29 is 33.7 Å². The third kappa shape index (κ3) is 9.26. The fourth-order valence-corrected chi connectivity index (χ4v) is 5.62. The number of benzene rings is 1. The summed E-state index contributed by atoms with van der Waals surface area (Å²) in [7, 11) is 4.30. The molecule has 0 aliphatic heterocycles. The summed E-state index contributed by atoms with van der Waals surface area (Å²) in [4.78, 5) is 50.2. The first-order valence-corrected chi connectivity index (χ1v) is 18.7. The summed E-state index contributed by atoms with van der Waals surface area (Å²) in [5.74, 6) is -0.576. The predicted octanol–water partition coefficient (Wildman–Crippen LogP) is 6.42. The molecule has 0 unspecified atom stereocenters. The second-order valence-corrected chi connectivity index (χ2v) is 17.7. The second-order valence-electron chi connectivity index (χ2n) is 11.0. The zero-order valence-corrected chi connectivity index (χ0v) is 30.0. The molecule has 47 heavy (non-hydrogen) atoms. The highest BCUT2D eigenvalue weighted by Gasteiger charge is 2.31. The van der Waals surface area contributed by atoms with E-state index in [0.29, 0.717) is 6.61 Å². The summed E-state index contributed by atoms with van der Waals surface area (Å²) in [6, 6.07) is 2.88. The number of nitrogens with zero attached hydrogens (tertiary/aromatic N) is 7. The number of carboxylic acid groups (broad SMARTS) is 1. The molecule has 0 aliphatic carbocycles. The van der Waals surface area contributed by atoms with Crippen LogP contribution in [0.5, 0.6) is 11.5 Å². The zero-order chi connectivity index (χ0) is 35.1. The summed E-state index contributed by atoms with van der Waals surface area (Å²) in [5.41, 5.74) is 1.12. The molecular formula is C28H35Cl3N8O7Si. The largest absolute Gasteiger partial charge is 0.495 e. The van der Waals surface area contributed by atoms with Gasteiger partial charge in [0.25, 0.3) is 0 Å². The first-order chi connectivity index (χ1) is 22.1. The Kier molecular flexibility index (Phi) is 12.8. The number of carbonyl (C=O) groups excluding carboxylic acids is 2. The van der Waals surface area contributed by atoms with E-state index < -0.39 is 26.1 Å². The van der Waals surface area contributed by atoms with Gasteiger partial charge in [0.15, 0.2) is 5.82 Å². The molecule has 2 N–H and O–H groups in total. The van der Waals surface area contributed by atoms with Gasteiger partial charge in [-0.3, -0.25) is 19.3 Å². The van der Waals surface area contributed by atoms with E-state index in [1.165, 1.54) is 49.2 Å². The van der Waals surface area contributed by atoms with Crippen LogP contribution in [0.25, 0.3) is 0 Å². The molecule has 0 saturated heterocycles. The van der Waals surface area contributed by atoms with Crippen LogP contribution in [-0.4, -0.2) is 85.6 Å². The minimum Gasteiger partial charge on any atom is -0.495 e. The first-order valence-electron chi connectivity index (χ1n) is 13.8. The number of rotatable bonds is 13. The maximum absolute atomic E-state index is 14.2. The van der Waals surface area contributed by atoms with Crippen molar-refractivity contribution in [3.8, 4) is 11.5 Å². The Morgan fingerprint density at radius 3 is 2.23 bits per heavy atom. The number of aryl methyl sites for hydroxylation is 1. The van der Waals surface area contributed by atoms with Gasteiger partial charge >= 0.3 is 12.1 Å². The van der Waals surface area contributed by atoms with E-state index in [1.54, 1.807) is 7.05 Å². The molecule has 19 heteroatoms. The summed E-state index contributed by atoms with van der Waals surface area (Å²) in [6.45, 7) is 6.70. The number of ether oxygens (including phenoxy) is 3. The number of amides is 4. The van der Waals surface area contributed by atoms with Gasteiger partial charge in [-0.2, -0.15) is 5.10 Å². The van der Waals surface area contributed by atoms with Crippen molar-refractivity contribution >= 4 is 89.7 Å². The average Bonchev–Trinajstić information content (AvgIpc) is 3.35. The Morgan fingerprint density at radius 1 is 1.06 bits per heavy atom. The topological polar surface area (TPSA) is 164 Å². The summed E-state index contributed by atoms with van der Waals surface area (Å²) in [5, 5.41) is 16.9. The van der Waals surface area contributed by atoms with Crippen LogP contribution >= 0.6 is 34.8 Å². The normalized spacial score (nSPS) is 11.4. The van der Waals surface area contributed by atoms with Crippen molar-refractivity contribution in [1.29, 1.82) is 0 Å². The number of anilines is 5. The Hall–Kier alpha value is -4.09. The van der Waals surface area contributed by atoms with Crippen LogP contribution in [-0.2, 0) is 16.6 Å². The van der Waals surface area contributed by atoms with Gasteiger partial charge in [0.2, 0.25) is 5.91 Å². The van der Waals surface area contributed by atoms with E-state index in [1.807, 2.05) is 0 Å². The molecule has 0 fully saturated rings. The lowest BCUT2D eigenvalue weighted by Crippen LogP contribution is -2.43. The van der Waals surface area contributed by atoms with Gasteiger partial charge in [-0.1, -0.05) is 54.4 Å². The number of urea groups is 1. The third-order valence-electron chi connectivity index (χ3n) is 6.45. The van der Waals surface area contributed by atoms with E-state index in [4.69, 9.17) is 49.0 Å². The van der Waals surface area contributed by atoms with E-state index in [2.05, 4.69) is 40.0 Å². The molecule has 0 aliphatic rings. The van der Waals surface area contributed by atoms with Gasteiger partial charge in [-0.25, -0.2) is 24.5 Å². The quantitative estimate of drug-likeness (QED) is 0.0869. The highest BCUT2D eigenvalue weighted by Crippen LogP contribution is 2.46. The summed E-state index contributed by atoms with van der Waals surface area (Å²) >= 11 is 18.9. The molecule has 4 amide bonds. The monoisotopic (exact) mass is 728 g/mol. The molecule has 254 valence electrons. The molecule has 0 atom stereocenters. The van der Waals surface area contributed by atoms with Crippen molar-refractivity contribution in [2.45, 2.75) is 25.7 Å². The van der Waals surface area contributed by atoms with Gasteiger partial charge in [0.1, 0.15) is 51.9 Å². The standard InChI is InChI=1S/C28H35Cl3N8O7Si/c1-36-14-17(34-22(40)8-9-29)26(35-36)39(28(42)43)21-13-20(32-15-33-21)37(2)27(41)38(16-46-10-11-47(5,6)7)25-23(30)18(44-3)12-19(45-4)24(25)31/h8-9,12-15H,10-11,16H2,1-7H3,(H,34,40)(H,42,43)/b9-8-. The van der Waals surface area contributed by atoms with Gasteiger partial charge < -0.3 is 24.6 Å². The molecule has 0 radical (unpaired) electrons. The Balaban J connectivity index is 2.06. The van der Waals surface area contributed by atoms with Crippen molar-refractivity contribution in [2.75, 3.05) is 54.6 Å². The molecule has 0 saturated carbocycles. The van der Waals surface area contributed by atoms with Gasteiger partial charge in [-0.15, -0.1) is 0 Å². The van der Waals surface area contributed by atoms with Crippen LogP contribution in [0, 0.1) is 0 Å². The number of halogens is 3. The fourth-order valence-electron chi connectivity index (χ4n) is 4.04. The summed E-state index contributed by atoms with van der Waals surface area (Å²) in [6.07, 6.45) is 2.04. The van der Waals surface area contributed by atoms with Crippen LogP contribution in [0.15, 0.2) is 36.3 Å². The van der Waals surface area contributed by atoms with E-state index in [0.717, 1.165) is 33.8 Å². The van der Waals surface area contributed by atoms with E-state index >= 15 is 0 Å². The molecule has 0 spiro atoms. The highest BCUT2D eigenvalue weighted by atomic mass is 35.5. The fraction of sp³-hybridized carbons (Fsp3) is 0.357. The van der Waals surface area contributed by atoms with Crippen LogP contribution in [0.1, 0.15) is 0 Å².